The van der Waals surface area contributed by atoms with Crippen molar-refractivity contribution < 1.29 is 4.74 Å². The van der Waals surface area contributed by atoms with Crippen LogP contribution in [0.3, 0.4) is 0 Å². The Morgan fingerprint density at radius 2 is 1.95 bits per heavy atom. The first-order chi connectivity index (χ1) is 10.2. The highest BCUT2D eigenvalue weighted by atomic mass is 16.5. The molecule has 2 N–H and O–H groups in total. The SMILES string of the molecule is CC.CNc1ccc(-c2cc(C)c(OC)cn2)cc1C=N. The average molecular weight is 285 g/mol. The van der Waals surface area contributed by atoms with Crippen LogP contribution in [0.15, 0.2) is 30.5 Å². The van der Waals surface area contributed by atoms with Gasteiger partial charge in [-0.15, -0.1) is 0 Å². The lowest BCUT2D eigenvalue weighted by atomic mass is 10.0. The molecule has 0 amide bonds. The molecule has 0 aliphatic carbocycles. The van der Waals surface area contributed by atoms with Gasteiger partial charge in [-0.2, -0.15) is 0 Å². The Morgan fingerprint density at radius 3 is 2.48 bits per heavy atom. The molecule has 1 heterocycles. The number of benzene rings is 1. The molecule has 0 aliphatic rings. The highest BCUT2D eigenvalue weighted by Crippen LogP contribution is 2.26. The van der Waals surface area contributed by atoms with Crippen LogP contribution < -0.4 is 10.1 Å². The summed E-state index contributed by atoms with van der Waals surface area (Å²) in [6.45, 7) is 5.99. The molecule has 0 aliphatic heterocycles. The fraction of sp³-hybridized carbons (Fsp3) is 0.294. The largest absolute Gasteiger partial charge is 0.495 e. The monoisotopic (exact) mass is 285 g/mol. The summed E-state index contributed by atoms with van der Waals surface area (Å²) in [6, 6.07) is 7.89. The number of nitrogens with one attached hydrogen (secondary N) is 2. The van der Waals surface area contributed by atoms with E-state index in [2.05, 4.69) is 10.3 Å². The number of nitrogens with zero attached hydrogens (tertiary/aromatic N) is 1. The van der Waals surface area contributed by atoms with E-state index >= 15 is 0 Å². The van der Waals surface area contributed by atoms with Crippen molar-refractivity contribution in [3.8, 4) is 17.0 Å². The number of methoxy groups -OCH3 is 1. The third-order valence-corrected chi connectivity index (χ3v) is 3.05. The first kappa shape index (κ1) is 16.7. The van der Waals surface area contributed by atoms with E-state index in [-0.39, 0.29) is 0 Å². The van der Waals surface area contributed by atoms with Crippen molar-refractivity contribution in [1.82, 2.24) is 4.98 Å². The third kappa shape index (κ3) is 3.81. The molecule has 4 nitrogen and oxygen atoms in total. The second kappa shape index (κ2) is 8.04. The van der Waals surface area contributed by atoms with E-state index in [4.69, 9.17) is 10.1 Å². The molecular formula is C17H23N3O. The average Bonchev–Trinajstić information content (AvgIpc) is 2.55. The van der Waals surface area contributed by atoms with Crippen LogP contribution in [0.5, 0.6) is 5.75 Å². The molecule has 0 atom stereocenters. The molecule has 112 valence electrons. The Balaban J connectivity index is 0.00000106. The highest BCUT2D eigenvalue weighted by molar-refractivity contribution is 5.88. The molecule has 2 aromatic rings. The van der Waals surface area contributed by atoms with Gasteiger partial charge in [0.1, 0.15) is 5.75 Å². The predicted octanol–water partition coefficient (Wildman–Crippen LogP) is 4.13. The zero-order valence-electron chi connectivity index (χ0n) is 13.3. The van der Waals surface area contributed by atoms with E-state index in [1.165, 1.54) is 6.21 Å². The fourth-order valence-electron chi connectivity index (χ4n) is 1.98. The summed E-state index contributed by atoms with van der Waals surface area (Å²) >= 11 is 0. The summed E-state index contributed by atoms with van der Waals surface area (Å²) in [7, 11) is 3.48. The zero-order valence-corrected chi connectivity index (χ0v) is 13.3. The van der Waals surface area contributed by atoms with Crippen molar-refractivity contribution in [2.24, 2.45) is 0 Å². The molecule has 4 heteroatoms. The number of rotatable bonds is 4. The summed E-state index contributed by atoms with van der Waals surface area (Å²) in [6.07, 6.45) is 3.06. The molecule has 0 radical (unpaired) electrons. The predicted molar refractivity (Wildman–Crippen MR) is 89.7 cm³/mol. The Morgan fingerprint density at radius 1 is 1.24 bits per heavy atom. The molecule has 0 saturated carbocycles. The van der Waals surface area contributed by atoms with Gasteiger partial charge in [-0.25, -0.2) is 0 Å². The van der Waals surface area contributed by atoms with E-state index in [0.717, 1.165) is 33.8 Å². The summed E-state index contributed by atoms with van der Waals surface area (Å²) in [5.74, 6) is 0.780. The maximum atomic E-state index is 7.45. The molecule has 1 aromatic heterocycles. The molecule has 0 bridgehead atoms. The molecule has 21 heavy (non-hydrogen) atoms. The van der Waals surface area contributed by atoms with Gasteiger partial charge >= 0.3 is 0 Å². The summed E-state index contributed by atoms with van der Waals surface area (Å²) in [5.41, 5.74) is 4.69. The Bertz CT molecular complexity index is 609. The van der Waals surface area contributed by atoms with Crippen LogP contribution in [0.4, 0.5) is 5.69 Å². The number of hydrogen-bond donors (Lipinski definition) is 2. The minimum Gasteiger partial charge on any atom is -0.495 e. The van der Waals surface area contributed by atoms with Crippen LogP contribution in [0.25, 0.3) is 11.3 Å². The third-order valence-electron chi connectivity index (χ3n) is 3.05. The number of hydrogen-bond acceptors (Lipinski definition) is 4. The minimum atomic E-state index is 0.780. The van der Waals surface area contributed by atoms with Crippen molar-refractivity contribution in [1.29, 1.82) is 5.41 Å². The molecule has 0 fully saturated rings. The van der Waals surface area contributed by atoms with Gasteiger partial charge in [-0.1, -0.05) is 19.9 Å². The van der Waals surface area contributed by atoms with Gasteiger partial charge in [0.15, 0.2) is 0 Å². The normalized spacial score (nSPS) is 9.38. The van der Waals surface area contributed by atoms with Crippen LogP contribution in [-0.2, 0) is 0 Å². The lowest BCUT2D eigenvalue weighted by Crippen LogP contribution is -1.96. The van der Waals surface area contributed by atoms with Crippen LogP contribution >= 0.6 is 0 Å². The first-order valence-corrected chi connectivity index (χ1v) is 7.03. The van der Waals surface area contributed by atoms with Gasteiger partial charge in [0.05, 0.1) is 19.0 Å². The number of aromatic nitrogens is 1. The van der Waals surface area contributed by atoms with Crippen molar-refractivity contribution in [2.45, 2.75) is 20.8 Å². The summed E-state index contributed by atoms with van der Waals surface area (Å²) < 4.78 is 5.21. The minimum absolute atomic E-state index is 0.780. The molecule has 0 spiro atoms. The Kier molecular flexibility index (Phi) is 6.40. The van der Waals surface area contributed by atoms with Crippen LogP contribution in [0.2, 0.25) is 0 Å². The van der Waals surface area contributed by atoms with Crippen molar-refractivity contribution >= 4 is 11.9 Å². The van der Waals surface area contributed by atoms with Gasteiger partial charge in [0, 0.05) is 30.1 Å². The van der Waals surface area contributed by atoms with Gasteiger partial charge in [-0.05, 0) is 30.7 Å². The number of anilines is 1. The van der Waals surface area contributed by atoms with E-state index < -0.39 is 0 Å². The summed E-state index contributed by atoms with van der Waals surface area (Å²) in [5, 5.41) is 10.5. The molecular weight excluding hydrogens is 262 g/mol. The lowest BCUT2D eigenvalue weighted by Gasteiger charge is -2.09. The topological polar surface area (TPSA) is 58.0 Å². The maximum Gasteiger partial charge on any atom is 0.140 e. The van der Waals surface area contributed by atoms with Crippen LogP contribution in [0, 0.1) is 12.3 Å². The van der Waals surface area contributed by atoms with E-state index in [1.54, 1.807) is 13.3 Å². The maximum absolute atomic E-state index is 7.45. The first-order valence-electron chi connectivity index (χ1n) is 7.03. The second-order valence-corrected chi connectivity index (χ2v) is 4.24. The zero-order chi connectivity index (χ0) is 15.8. The van der Waals surface area contributed by atoms with Crippen molar-refractivity contribution in [2.75, 3.05) is 19.5 Å². The number of aryl methyl sites for hydroxylation is 1. The van der Waals surface area contributed by atoms with Gasteiger partial charge in [-0.3, -0.25) is 4.98 Å². The smallest absolute Gasteiger partial charge is 0.140 e. The van der Waals surface area contributed by atoms with Crippen LogP contribution in [0.1, 0.15) is 25.0 Å². The van der Waals surface area contributed by atoms with E-state index in [9.17, 15) is 0 Å². The second-order valence-electron chi connectivity index (χ2n) is 4.24. The fourth-order valence-corrected chi connectivity index (χ4v) is 1.98. The standard InChI is InChI=1S/C15H17N3O.C2H6/c1-10-6-14(18-9-15(10)19-3)11-4-5-13(17-2)12(7-11)8-16;1-2/h4-9,16-17H,1-3H3;1-2H3. The van der Waals surface area contributed by atoms with Gasteiger partial charge < -0.3 is 15.5 Å². The number of ether oxygens (including phenoxy) is 1. The quantitative estimate of drug-likeness (QED) is 0.830. The number of pyridine rings is 1. The van der Waals surface area contributed by atoms with E-state index in [1.807, 2.05) is 52.1 Å². The van der Waals surface area contributed by atoms with Crippen LogP contribution in [-0.4, -0.2) is 25.4 Å². The molecule has 0 saturated heterocycles. The Labute approximate surface area is 126 Å². The van der Waals surface area contributed by atoms with E-state index in [0.29, 0.717) is 0 Å². The molecule has 2 rings (SSSR count). The Hall–Kier alpha value is -2.36. The highest BCUT2D eigenvalue weighted by Gasteiger charge is 2.06. The lowest BCUT2D eigenvalue weighted by molar-refractivity contribution is 0.410. The van der Waals surface area contributed by atoms with Crippen molar-refractivity contribution in [3.05, 3.63) is 41.6 Å². The van der Waals surface area contributed by atoms with Gasteiger partial charge in [0.25, 0.3) is 0 Å². The van der Waals surface area contributed by atoms with Crippen molar-refractivity contribution in [3.63, 3.8) is 0 Å². The summed E-state index contributed by atoms with van der Waals surface area (Å²) in [4.78, 5) is 4.39. The molecule has 1 aromatic carbocycles. The van der Waals surface area contributed by atoms with Gasteiger partial charge in [0.2, 0.25) is 0 Å². The molecule has 0 unspecified atom stereocenters.